The predicted molar refractivity (Wildman–Crippen MR) is 57.6 cm³/mol. The number of rotatable bonds is 1. The van der Waals surface area contributed by atoms with Gasteiger partial charge in [-0.2, -0.15) is 0 Å². The molecule has 0 amide bonds. The lowest BCUT2D eigenvalue weighted by Crippen LogP contribution is -2.09. The van der Waals surface area contributed by atoms with Crippen LogP contribution in [-0.2, 0) is 11.2 Å². The van der Waals surface area contributed by atoms with Crippen LogP contribution in [0.5, 0.6) is 0 Å². The van der Waals surface area contributed by atoms with Crippen LogP contribution in [0, 0.1) is 0 Å². The topological polar surface area (TPSA) is 42.2 Å². The maximum atomic E-state index is 10.9. The van der Waals surface area contributed by atoms with Gasteiger partial charge < -0.3 is 9.67 Å². The van der Waals surface area contributed by atoms with Gasteiger partial charge in [0.05, 0.1) is 11.1 Å². The van der Waals surface area contributed by atoms with Gasteiger partial charge in [0.25, 0.3) is 0 Å². The molecule has 2 aromatic rings. The molecule has 1 aliphatic heterocycles. The molecule has 0 saturated heterocycles. The quantitative estimate of drug-likeness (QED) is 0.764. The van der Waals surface area contributed by atoms with Crippen molar-refractivity contribution < 1.29 is 9.90 Å². The highest BCUT2D eigenvalue weighted by molar-refractivity contribution is 5.96. The second-order valence-electron chi connectivity index (χ2n) is 3.71. The largest absolute Gasteiger partial charge is 0.478 e. The summed E-state index contributed by atoms with van der Waals surface area (Å²) in [6.07, 6.45) is 4.10. The third-order valence-electron chi connectivity index (χ3n) is 2.77. The highest BCUT2D eigenvalue weighted by Gasteiger charge is 2.17. The molecule has 0 unspecified atom stereocenters. The summed E-state index contributed by atoms with van der Waals surface area (Å²) in [6, 6.07) is 7.98. The van der Waals surface area contributed by atoms with Crippen molar-refractivity contribution in [2.24, 2.45) is 0 Å². The van der Waals surface area contributed by atoms with E-state index in [4.69, 9.17) is 5.11 Å². The number of aliphatic carboxylic acids is 1. The van der Waals surface area contributed by atoms with E-state index in [0.717, 1.165) is 16.5 Å². The van der Waals surface area contributed by atoms with Crippen LogP contribution < -0.4 is 0 Å². The average molecular weight is 199 g/mol. The van der Waals surface area contributed by atoms with Gasteiger partial charge in [-0.05, 0) is 11.6 Å². The average Bonchev–Trinajstić information content (AvgIpc) is 2.64. The normalized spacial score (nSPS) is 14.0. The lowest BCUT2D eigenvalue weighted by molar-refractivity contribution is -0.132. The Bertz CT molecular complexity index is 593. The van der Waals surface area contributed by atoms with Crippen LogP contribution >= 0.6 is 0 Å². The standard InChI is InChI=1S/C12H9NO2/c14-12(15)10-6-9-3-1-2-8-4-5-13(7-10)11(8)9/h1-5,7H,6H2,(H,14,15). The summed E-state index contributed by atoms with van der Waals surface area (Å²) in [5.74, 6) is -0.841. The van der Waals surface area contributed by atoms with Crippen molar-refractivity contribution in [2.75, 3.05) is 0 Å². The fraction of sp³-hybridized carbons (Fsp3) is 0.0833. The van der Waals surface area contributed by atoms with Gasteiger partial charge in [-0.1, -0.05) is 18.2 Å². The van der Waals surface area contributed by atoms with E-state index in [0.29, 0.717) is 12.0 Å². The van der Waals surface area contributed by atoms with Gasteiger partial charge in [0.15, 0.2) is 0 Å². The zero-order valence-electron chi connectivity index (χ0n) is 7.97. The second kappa shape index (κ2) is 2.73. The molecule has 0 saturated carbocycles. The van der Waals surface area contributed by atoms with E-state index in [2.05, 4.69) is 0 Å². The maximum absolute atomic E-state index is 10.9. The highest BCUT2D eigenvalue weighted by Crippen LogP contribution is 2.27. The monoisotopic (exact) mass is 199 g/mol. The van der Waals surface area contributed by atoms with Gasteiger partial charge in [-0.15, -0.1) is 0 Å². The second-order valence-corrected chi connectivity index (χ2v) is 3.71. The predicted octanol–water partition coefficient (Wildman–Crippen LogP) is 2.12. The smallest absolute Gasteiger partial charge is 0.333 e. The number of hydrogen-bond acceptors (Lipinski definition) is 1. The van der Waals surface area contributed by atoms with Crippen molar-refractivity contribution in [1.29, 1.82) is 0 Å². The van der Waals surface area contributed by atoms with Gasteiger partial charge >= 0.3 is 5.97 Å². The van der Waals surface area contributed by atoms with E-state index in [-0.39, 0.29) is 0 Å². The minimum atomic E-state index is -0.841. The Hall–Kier alpha value is -2.03. The molecule has 15 heavy (non-hydrogen) atoms. The van der Waals surface area contributed by atoms with Crippen LogP contribution in [0.4, 0.5) is 0 Å². The molecule has 74 valence electrons. The lowest BCUT2D eigenvalue weighted by atomic mass is 10.0. The summed E-state index contributed by atoms with van der Waals surface area (Å²) in [7, 11) is 0. The number of hydrogen-bond donors (Lipinski definition) is 1. The van der Waals surface area contributed by atoms with Crippen molar-refractivity contribution >= 4 is 23.1 Å². The van der Waals surface area contributed by atoms with Crippen LogP contribution in [0.1, 0.15) is 5.56 Å². The number of nitrogens with zero attached hydrogens (tertiary/aromatic N) is 1. The van der Waals surface area contributed by atoms with Crippen molar-refractivity contribution in [3.05, 3.63) is 41.6 Å². The molecule has 2 heterocycles. The number of benzene rings is 1. The molecule has 0 atom stereocenters. The SMILES string of the molecule is O=C(O)C1=Cn2ccc3cccc(c32)C1. The highest BCUT2D eigenvalue weighted by atomic mass is 16.4. The molecule has 0 bridgehead atoms. The number of carbonyl (C=O) groups is 1. The number of carboxylic acids is 1. The van der Waals surface area contributed by atoms with Crippen LogP contribution in [0.15, 0.2) is 36.0 Å². The van der Waals surface area contributed by atoms with Gasteiger partial charge in [-0.3, -0.25) is 0 Å². The van der Waals surface area contributed by atoms with E-state index in [1.807, 2.05) is 35.0 Å². The van der Waals surface area contributed by atoms with Crippen LogP contribution in [-0.4, -0.2) is 15.6 Å². The summed E-state index contributed by atoms with van der Waals surface area (Å²) in [4.78, 5) is 10.9. The molecule has 3 heteroatoms. The molecule has 1 N–H and O–H groups in total. The Morgan fingerprint density at radius 1 is 1.33 bits per heavy atom. The van der Waals surface area contributed by atoms with Crippen molar-refractivity contribution in [2.45, 2.75) is 6.42 Å². The zero-order chi connectivity index (χ0) is 10.4. The van der Waals surface area contributed by atoms with Crippen molar-refractivity contribution in [3.63, 3.8) is 0 Å². The zero-order valence-corrected chi connectivity index (χ0v) is 7.97. The summed E-state index contributed by atoms with van der Waals surface area (Å²) >= 11 is 0. The fourth-order valence-electron chi connectivity index (χ4n) is 2.10. The fourth-order valence-corrected chi connectivity index (χ4v) is 2.10. The first-order chi connectivity index (χ1) is 7.25. The molecular weight excluding hydrogens is 190 g/mol. The summed E-state index contributed by atoms with van der Waals surface area (Å²) in [6.45, 7) is 0. The molecule has 1 aliphatic rings. The Kier molecular flexibility index (Phi) is 1.51. The number of aromatic nitrogens is 1. The van der Waals surface area contributed by atoms with Crippen LogP contribution in [0.2, 0.25) is 0 Å². The number of para-hydroxylation sites is 1. The third-order valence-corrected chi connectivity index (χ3v) is 2.77. The minimum Gasteiger partial charge on any atom is -0.478 e. The Balaban J connectivity index is 2.33. The summed E-state index contributed by atoms with van der Waals surface area (Å²) in [5, 5.41) is 10.1. The molecule has 0 aliphatic carbocycles. The van der Waals surface area contributed by atoms with Gasteiger partial charge in [0.1, 0.15) is 0 Å². The Morgan fingerprint density at radius 3 is 3.00 bits per heavy atom. The first-order valence-electron chi connectivity index (χ1n) is 4.78. The van der Waals surface area contributed by atoms with Crippen LogP contribution in [0.25, 0.3) is 17.1 Å². The summed E-state index contributed by atoms with van der Waals surface area (Å²) in [5.41, 5.74) is 2.64. The molecule has 3 nitrogen and oxygen atoms in total. The maximum Gasteiger partial charge on any atom is 0.333 e. The molecular formula is C12H9NO2. The van der Waals surface area contributed by atoms with E-state index in [1.165, 1.54) is 0 Å². The van der Waals surface area contributed by atoms with Crippen molar-refractivity contribution in [3.8, 4) is 0 Å². The third kappa shape index (κ3) is 1.09. The number of carboxylic acid groups (broad SMARTS) is 1. The Morgan fingerprint density at radius 2 is 2.20 bits per heavy atom. The first kappa shape index (κ1) is 8.29. The molecule has 0 radical (unpaired) electrons. The molecule has 3 rings (SSSR count). The molecule has 0 spiro atoms. The first-order valence-corrected chi connectivity index (χ1v) is 4.78. The Labute approximate surface area is 86.3 Å². The van der Waals surface area contributed by atoms with E-state index in [9.17, 15) is 4.79 Å². The van der Waals surface area contributed by atoms with E-state index in [1.54, 1.807) is 6.20 Å². The van der Waals surface area contributed by atoms with Gasteiger partial charge in [-0.25, -0.2) is 4.79 Å². The van der Waals surface area contributed by atoms with E-state index < -0.39 is 5.97 Å². The van der Waals surface area contributed by atoms with Gasteiger partial charge in [0, 0.05) is 24.2 Å². The lowest BCUT2D eigenvalue weighted by Gasteiger charge is -2.13. The summed E-state index contributed by atoms with van der Waals surface area (Å²) < 4.78 is 1.89. The van der Waals surface area contributed by atoms with Gasteiger partial charge in [0.2, 0.25) is 0 Å². The van der Waals surface area contributed by atoms with E-state index >= 15 is 0 Å². The molecule has 0 fully saturated rings. The minimum absolute atomic E-state index is 0.436. The molecule has 1 aromatic carbocycles. The van der Waals surface area contributed by atoms with Crippen molar-refractivity contribution in [1.82, 2.24) is 4.57 Å². The van der Waals surface area contributed by atoms with Crippen LogP contribution in [0.3, 0.4) is 0 Å². The molecule has 1 aromatic heterocycles.